The minimum atomic E-state index is 0.763. The zero-order valence-corrected chi connectivity index (χ0v) is 9.92. The zero-order chi connectivity index (χ0) is 11.4. The first-order chi connectivity index (χ1) is 7.85. The maximum Gasteiger partial charge on any atom is 0.216 e. The molecule has 0 radical (unpaired) electrons. The van der Waals surface area contributed by atoms with Crippen molar-refractivity contribution in [2.75, 3.05) is 20.2 Å². The molecule has 1 aromatic heterocycles. The Labute approximate surface area is 96.5 Å². The van der Waals surface area contributed by atoms with Crippen molar-refractivity contribution in [3.63, 3.8) is 0 Å². The Bertz CT molecular complexity index is 399. The van der Waals surface area contributed by atoms with E-state index in [1.807, 2.05) is 0 Å². The van der Waals surface area contributed by atoms with Crippen LogP contribution < -0.4 is 10.1 Å². The van der Waals surface area contributed by atoms with Gasteiger partial charge in [0.25, 0.3) is 0 Å². The van der Waals surface area contributed by atoms with E-state index in [1.165, 1.54) is 11.1 Å². The van der Waals surface area contributed by atoms with Crippen molar-refractivity contribution in [3.8, 4) is 5.88 Å². The molecule has 0 unspecified atom stereocenters. The first kappa shape index (κ1) is 11.1. The largest absolute Gasteiger partial charge is 0.481 e. The lowest BCUT2D eigenvalue weighted by Gasteiger charge is -2.15. The molecule has 16 heavy (non-hydrogen) atoms. The third kappa shape index (κ3) is 2.25. The summed E-state index contributed by atoms with van der Waals surface area (Å²) in [5.41, 5.74) is 3.54. The molecule has 0 amide bonds. The summed E-state index contributed by atoms with van der Waals surface area (Å²) in [4.78, 5) is 4.57. The summed E-state index contributed by atoms with van der Waals surface area (Å²) >= 11 is 0. The normalized spacial score (nSPS) is 15.8. The molecule has 0 aromatic carbocycles. The Morgan fingerprint density at radius 2 is 2.31 bits per heavy atom. The monoisotopic (exact) mass is 218 g/mol. The number of nitrogens with one attached hydrogen (secondary N) is 1. The van der Waals surface area contributed by atoms with Crippen LogP contribution in [0.15, 0.2) is 18.2 Å². The topological polar surface area (TPSA) is 34.2 Å². The number of aryl methyl sites for hydroxylation is 1. The van der Waals surface area contributed by atoms with Crippen LogP contribution in [0.1, 0.15) is 24.6 Å². The van der Waals surface area contributed by atoms with Crippen molar-refractivity contribution in [2.45, 2.75) is 19.8 Å². The minimum absolute atomic E-state index is 0.763. The summed E-state index contributed by atoms with van der Waals surface area (Å²) in [6, 6.07) is 4.21. The predicted molar refractivity (Wildman–Crippen MR) is 65.6 cm³/mol. The molecule has 3 heteroatoms. The highest BCUT2D eigenvalue weighted by Gasteiger charge is 2.10. The Balaban J connectivity index is 2.31. The maximum absolute atomic E-state index is 5.31. The smallest absolute Gasteiger partial charge is 0.216 e. The Hall–Kier alpha value is -1.35. The number of hydrogen-bond donors (Lipinski definition) is 1. The average molecular weight is 218 g/mol. The van der Waals surface area contributed by atoms with Crippen molar-refractivity contribution >= 4 is 5.57 Å². The second kappa shape index (κ2) is 5.12. The van der Waals surface area contributed by atoms with E-state index >= 15 is 0 Å². The van der Waals surface area contributed by atoms with E-state index in [2.05, 4.69) is 35.4 Å². The molecule has 1 aromatic rings. The molecule has 86 valence electrons. The second-order valence-corrected chi connectivity index (χ2v) is 3.90. The molecule has 0 aliphatic carbocycles. The number of nitrogens with zero attached hydrogens (tertiary/aromatic N) is 1. The molecule has 0 bridgehead atoms. The van der Waals surface area contributed by atoms with Gasteiger partial charge in [-0.2, -0.15) is 0 Å². The van der Waals surface area contributed by atoms with Crippen LogP contribution in [0.2, 0.25) is 0 Å². The van der Waals surface area contributed by atoms with E-state index < -0.39 is 0 Å². The summed E-state index contributed by atoms with van der Waals surface area (Å²) < 4.78 is 5.31. The number of methoxy groups -OCH3 is 1. The van der Waals surface area contributed by atoms with Crippen LogP contribution in [0.3, 0.4) is 0 Å². The molecule has 1 aliphatic rings. The van der Waals surface area contributed by atoms with Crippen LogP contribution >= 0.6 is 0 Å². The summed E-state index contributed by atoms with van der Waals surface area (Å²) in [5.74, 6) is 0.763. The van der Waals surface area contributed by atoms with Crippen LogP contribution in [0.5, 0.6) is 5.88 Å². The summed E-state index contributed by atoms with van der Waals surface area (Å²) in [6.07, 6.45) is 4.20. The Kier molecular flexibility index (Phi) is 3.57. The van der Waals surface area contributed by atoms with Gasteiger partial charge in [-0.15, -0.1) is 0 Å². The maximum atomic E-state index is 5.31. The van der Waals surface area contributed by atoms with Gasteiger partial charge >= 0.3 is 0 Å². The molecular weight excluding hydrogens is 200 g/mol. The molecule has 0 fully saturated rings. The fourth-order valence-electron chi connectivity index (χ4n) is 1.95. The van der Waals surface area contributed by atoms with Gasteiger partial charge in [-0.05, 0) is 31.0 Å². The lowest BCUT2D eigenvalue weighted by atomic mass is 10.0. The Morgan fingerprint density at radius 3 is 2.94 bits per heavy atom. The highest BCUT2D eigenvalue weighted by Crippen LogP contribution is 2.23. The third-order valence-corrected chi connectivity index (χ3v) is 2.91. The number of aromatic nitrogens is 1. The van der Waals surface area contributed by atoms with Crippen molar-refractivity contribution < 1.29 is 4.74 Å². The summed E-state index contributed by atoms with van der Waals surface area (Å²) in [6.45, 7) is 4.09. The number of rotatable bonds is 3. The first-order valence-corrected chi connectivity index (χ1v) is 5.79. The van der Waals surface area contributed by atoms with E-state index in [4.69, 9.17) is 4.74 Å². The van der Waals surface area contributed by atoms with Crippen molar-refractivity contribution in [1.29, 1.82) is 0 Å². The zero-order valence-electron chi connectivity index (χ0n) is 9.92. The SMILES string of the molecule is CCc1ccc(C2=CCNCC2)nc1OC. The third-order valence-electron chi connectivity index (χ3n) is 2.91. The van der Waals surface area contributed by atoms with Crippen molar-refractivity contribution in [2.24, 2.45) is 0 Å². The summed E-state index contributed by atoms with van der Waals surface area (Å²) in [5, 5.41) is 3.30. The van der Waals surface area contributed by atoms with Crippen molar-refractivity contribution in [1.82, 2.24) is 10.3 Å². The van der Waals surface area contributed by atoms with Gasteiger partial charge in [0.2, 0.25) is 5.88 Å². The van der Waals surface area contributed by atoms with Crippen LogP contribution in [-0.4, -0.2) is 25.2 Å². The lowest BCUT2D eigenvalue weighted by Crippen LogP contribution is -2.20. The molecule has 2 rings (SSSR count). The lowest BCUT2D eigenvalue weighted by molar-refractivity contribution is 0.392. The van der Waals surface area contributed by atoms with Gasteiger partial charge in [0.05, 0.1) is 12.8 Å². The van der Waals surface area contributed by atoms with Gasteiger partial charge in [0.1, 0.15) is 0 Å². The quantitative estimate of drug-likeness (QED) is 0.843. The van der Waals surface area contributed by atoms with Crippen LogP contribution in [0.25, 0.3) is 5.57 Å². The molecule has 3 nitrogen and oxygen atoms in total. The molecule has 2 heterocycles. The van der Waals surface area contributed by atoms with Gasteiger partial charge < -0.3 is 10.1 Å². The second-order valence-electron chi connectivity index (χ2n) is 3.90. The minimum Gasteiger partial charge on any atom is -0.481 e. The summed E-state index contributed by atoms with van der Waals surface area (Å²) in [7, 11) is 1.68. The number of ether oxygens (including phenoxy) is 1. The van der Waals surface area contributed by atoms with Gasteiger partial charge in [0.15, 0.2) is 0 Å². The standard InChI is InChI=1S/C13H18N2O/c1-3-10-4-5-12(15-13(10)16-2)11-6-8-14-9-7-11/h4-6,14H,3,7-9H2,1-2H3. The van der Waals surface area contributed by atoms with E-state index in [1.54, 1.807) is 7.11 Å². The van der Waals surface area contributed by atoms with Crippen molar-refractivity contribution in [3.05, 3.63) is 29.5 Å². The van der Waals surface area contributed by atoms with E-state index in [0.717, 1.165) is 37.5 Å². The highest BCUT2D eigenvalue weighted by molar-refractivity contribution is 5.64. The van der Waals surface area contributed by atoms with Gasteiger partial charge in [-0.25, -0.2) is 4.98 Å². The van der Waals surface area contributed by atoms with E-state index in [0.29, 0.717) is 0 Å². The fraction of sp³-hybridized carbons (Fsp3) is 0.462. The van der Waals surface area contributed by atoms with Gasteiger partial charge in [-0.1, -0.05) is 19.1 Å². The van der Waals surface area contributed by atoms with Gasteiger partial charge in [-0.3, -0.25) is 0 Å². The van der Waals surface area contributed by atoms with E-state index in [-0.39, 0.29) is 0 Å². The Morgan fingerprint density at radius 1 is 1.44 bits per heavy atom. The van der Waals surface area contributed by atoms with E-state index in [9.17, 15) is 0 Å². The van der Waals surface area contributed by atoms with Crippen LogP contribution in [0.4, 0.5) is 0 Å². The average Bonchev–Trinajstić information content (AvgIpc) is 2.39. The molecule has 0 saturated heterocycles. The predicted octanol–water partition coefficient (Wildman–Crippen LogP) is 2.03. The van der Waals surface area contributed by atoms with Crippen LogP contribution in [-0.2, 0) is 6.42 Å². The first-order valence-electron chi connectivity index (χ1n) is 5.79. The number of hydrogen-bond acceptors (Lipinski definition) is 3. The van der Waals surface area contributed by atoms with Crippen LogP contribution in [0, 0.1) is 0 Å². The molecule has 0 spiro atoms. The molecule has 0 saturated carbocycles. The molecule has 1 N–H and O–H groups in total. The number of pyridine rings is 1. The molecule has 0 atom stereocenters. The highest BCUT2D eigenvalue weighted by atomic mass is 16.5. The van der Waals surface area contributed by atoms with Gasteiger partial charge in [0, 0.05) is 12.1 Å². The molecular formula is C13H18N2O. The fourth-order valence-corrected chi connectivity index (χ4v) is 1.95. The molecule has 1 aliphatic heterocycles.